The summed E-state index contributed by atoms with van der Waals surface area (Å²) in [7, 11) is 3.04. The maximum absolute atomic E-state index is 12.9. The first-order valence-corrected chi connectivity index (χ1v) is 9.40. The highest BCUT2D eigenvalue weighted by Gasteiger charge is 2.16. The Balaban J connectivity index is 1.94. The van der Waals surface area contributed by atoms with Gasteiger partial charge in [0.25, 0.3) is 11.8 Å². The zero-order valence-electron chi connectivity index (χ0n) is 17.1. The molecule has 3 N–H and O–H groups in total. The number of amides is 2. The number of methoxy groups -OCH3 is 2. The van der Waals surface area contributed by atoms with Crippen LogP contribution in [-0.4, -0.2) is 31.1 Å². The smallest absolute Gasteiger partial charge is 0.272 e. The second-order valence-corrected chi connectivity index (χ2v) is 6.50. The van der Waals surface area contributed by atoms with Gasteiger partial charge in [0, 0.05) is 17.3 Å². The predicted molar refractivity (Wildman–Crippen MR) is 118 cm³/mol. The zero-order valence-corrected chi connectivity index (χ0v) is 17.1. The van der Waals surface area contributed by atoms with Gasteiger partial charge < -0.3 is 25.2 Å². The minimum atomic E-state index is -0.551. The molecule has 0 spiro atoms. The summed E-state index contributed by atoms with van der Waals surface area (Å²) in [6, 6.07) is 19.8. The van der Waals surface area contributed by atoms with Crippen LogP contribution >= 0.6 is 0 Å². The molecule has 0 aliphatic carbocycles. The first-order chi connectivity index (χ1) is 15.0. The molecule has 0 saturated heterocycles. The number of hydrogen-bond acceptors (Lipinski definition) is 5. The Kier molecular flexibility index (Phi) is 6.90. The van der Waals surface area contributed by atoms with Crippen LogP contribution in [0.5, 0.6) is 17.2 Å². The molecule has 3 rings (SSSR count). The second-order valence-electron chi connectivity index (χ2n) is 6.50. The van der Waals surface area contributed by atoms with E-state index in [2.05, 4.69) is 10.6 Å². The van der Waals surface area contributed by atoms with Crippen molar-refractivity contribution in [1.29, 1.82) is 0 Å². The maximum atomic E-state index is 12.9. The largest absolute Gasteiger partial charge is 0.508 e. The molecule has 0 unspecified atom stereocenters. The van der Waals surface area contributed by atoms with Crippen LogP contribution in [0, 0.1) is 0 Å². The Bertz CT molecular complexity index is 1110. The molecule has 3 aromatic carbocycles. The van der Waals surface area contributed by atoms with Crippen LogP contribution in [0.3, 0.4) is 0 Å². The number of rotatable bonds is 7. The third-order valence-corrected chi connectivity index (χ3v) is 4.35. The third kappa shape index (κ3) is 5.63. The highest BCUT2D eigenvalue weighted by atomic mass is 16.5. The normalized spacial score (nSPS) is 10.8. The van der Waals surface area contributed by atoms with Crippen LogP contribution in [0.2, 0.25) is 0 Å². The van der Waals surface area contributed by atoms with Gasteiger partial charge in [-0.15, -0.1) is 0 Å². The molecule has 0 radical (unpaired) electrons. The van der Waals surface area contributed by atoms with Crippen molar-refractivity contribution in [2.45, 2.75) is 0 Å². The summed E-state index contributed by atoms with van der Waals surface area (Å²) in [5.74, 6) is 0.0525. The number of ether oxygens (including phenoxy) is 2. The Morgan fingerprint density at radius 3 is 2.29 bits per heavy atom. The van der Waals surface area contributed by atoms with Gasteiger partial charge in [0.2, 0.25) is 0 Å². The monoisotopic (exact) mass is 418 g/mol. The fraction of sp³-hybridized carbons (Fsp3) is 0.0833. The molecule has 0 bridgehead atoms. The topological polar surface area (TPSA) is 96.9 Å². The Morgan fingerprint density at radius 1 is 0.871 bits per heavy atom. The van der Waals surface area contributed by atoms with Gasteiger partial charge in [-0.25, -0.2) is 0 Å². The van der Waals surface area contributed by atoms with E-state index in [1.807, 2.05) is 0 Å². The lowest BCUT2D eigenvalue weighted by molar-refractivity contribution is -0.113. The van der Waals surface area contributed by atoms with Crippen LogP contribution in [0.15, 0.2) is 78.5 Å². The molecule has 0 aromatic heterocycles. The average Bonchev–Trinajstić information content (AvgIpc) is 2.79. The lowest BCUT2D eigenvalue weighted by Gasteiger charge is -2.12. The van der Waals surface area contributed by atoms with Crippen molar-refractivity contribution in [3.8, 4) is 17.2 Å². The Morgan fingerprint density at radius 2 is 1.61 bits per heavy atom. The zero-order chi connectivity index (χ0) is 22.2. The quantitative estimate of drug-likeness (QED) is 0.507. The summed E-state index contributed by atoms with van der Waals surface area (Å²) in [6.45, 7) is 0. The van der Waals surface area contributed by atoms with Crippen molar-refractivity contribution < 1.29 is 24.2 Å². The van der Waals surface area contributed by atoms with Crippen LogP contribution in [-0.2, 0) is 4.79 Å². The molecule has 0 aliphatic heterocycles. The van der Waals surface area contributed by atoms with E-state index in [0.717, 1.165) is 0 Å². The van der Waals surface area contributed by atoms with E-state index >= 15 is 0 Å². The Hall–Kier alpha value is -4.26. The summed E-state index contributed by atoms with van der Waals surface area (Å²) < 4.78 is 10.5. The maximum Gasteiger partial charge on any atom is 0.272 e. The van der Waals surface area contributed by atoms with E-state index < -0.39 is 11.8 Å². The number of hydrogen-bond donors (Lipinski definition) is 3. The standard InChI is InChI=1S/C24H22N2O5/c1-30-21-12-11-16(14-22(21)31-2)13-20(26-23(28)17-7-4-3-5-8-17)24(29)25-18-9-6-10-19(27)15-18/h3-15,27H,1-2H3,(H,25,29)(H,26,28)/b20-13-. The van der Waals surface area contributed by atoms with Crippen molar-refractivity contribution in [2.75, 3.05) is 19.5 Å². The molecule has 31 heavy (non-hydrogen) atoms. The molecular weight excluding hydrogens is 396 g/mol. The first-order valence-electron chi connectivity index (χ1n) is 9.40. The van der Waals surface area contributed by atoms with E-state index in [1.165, 1.54) is 32.4 Å². The summed E-state index contributed by atoms with van der Waals surface area (Å²) >= 11 is 0. The van der Waals surface area contributed by atoms with E-state index in [-0.39, 0.29) is 11.4 Å². The summed E-state index contributed by atoms with van der Waals surface area (Å²) in [4.78, 5) is 25.6. The van der Waals surface area contributed by atoms with E-state index in [4.69, 9.17) is 9.47 Å². The van der Waals surface area contributed by atoms with E-state index in [9.17, 15) is 14.7 Å². The number of carbonyl (C=O) groups is 2. The number of benzene rings is 3. The summed E-state index contributed by atoms with van der Waals surface area (Å²) in [5.41, 5.74) is 1.43. The average molecular weight is 418 g/mol. The molecule has 158 valence electrons. The minimum absolute atomic E-state index is 0.0107. The van der Waals surface area contributed by atoms with Crippen LogP contribution in [0.1, 0.15) is 15.9 Å². The molecule has 2 amide bonds. The van der Waals surface area contributed by atoms with Gasteiger partial charge in [0.1, 0.15) is 11.4 Å². The molecule has 0 aliphatic rings. The lowest BCUT2D eigenvalue weighted by atomic mass is 10.1. The van der Waals surface area contributed by atoms with Crippen molar-refractivity contribution >= 4 is 23.6 Å². The summed E-state index contributed by atoms with van der Waals surface area (Å²) in [5, 5.41) is 15.0. The molecule has 3 aromatic rings. The third-order valence-electron chi connectivity index (χ3n) is 4.35. The second kappa shape index (κ2) is 9.98. The molecule has 0 atom stereocenters. The highest BCUT2D eigenvalue weighted by molar-refractivity contribution is 6.10. The number of phenols is 1. The minimum Gasteiger partial charge on any atom is -0.508 e. The predicted octanol–water partition coefficient (Wildman–Crippen LogP) is 3.82. The first kappa shape index (κ1) is 21.4. The van der Waals surface area contributed by atoms with Crippen LogP contribution in [0.25, 0.3) is 6.08 Å². The fourth-order valence-electron chi connectivity index (χ4n) is 2.83. The number of nitrogens with one attached hydrogen (secondary N) is 2. The van der Waals surface area contributed by atoms with Gasteiger partial charge in [-0.1, -0.05) is 30.3 Å². The number of carbonyl (C=O) groups excluding carboxylic acids is 2. The lowest BCUT2D eigenvalue weighted by Crippen LogP contribution is -2.30. The van der Waals surface area contributed by atoms with Crippen molar-refractivity contribution in [2.24, 2.45) is 0 Å². The van der Waals surface area contributed by atoms with Crippen LogP contribution < -0.4 is 20.1 Å². The van der Waals surface area contributed by atoms with Gasteiger partial charge in [-0.05, 0) is 48.0 Å². The van der Waals surface area contributed by atoms with Gasteiger partial charge in [0.05, 0.1) is 14.2 Å². The van der Waals surface area contributed by atoms with Gasteiger partial charge in [-0.3, -0.25) is 9.59 Å². The summed E-state index contributed by atoms with van der Waals surface area (Å²) in [6.07, 6.45) is 1.53. The fourth-order valence-corrected chi connectivity index (χ4v) is 2.83. The number of phenolic OH excluding ortho intramolecular Hbond substituents is 1. The van der Waals surface area contributed by atoms with Crippen molar-refractivity contribution in [3.63, 3.8) is 0 Å². The number of aromatic hydroxyl groups is 1. The highest BCUT2D eigenvalue weighted by Crippen LogP contribution is 2.28. The molecular formula is C24H22N2O5. The van der Waals surface area contributed by atoms with Crippen molar-refractivity contribution in [3.05, 3.63) is 89.6 Å². The van der Waals surface area contributed by atoms with Gasteiger partial charge >= 0.3 is 0 Å². The van der Waals surface area contributed by atoms with Crippen LogP contribution in [0.4, 0.5) is 5.69 Å². The Labute approximate surface area is 179 Å². The number of anilines is 1. The molecule has 7 heteroatoms. The van der Waals surface area contributed by atoms with Crippen molar-refractivity contribution in [1.82, 2.24) is 5.32 Å². The van der Waals surface area contributed by atoms with Gasteiger partial charge in [0.15, 0.2) is 11.5 Å². The molecule has 7 nitrogen and oxygen atoms in total. The molecule has 0 saturated carbocycles. The molecule has 0 heterocycles. The molecule has 0 fully saturated rings. The van der Waals surface area contributed by atoms with E-state index in [1.54, 1.807) is 60.7 Å². The van der Waals surface area contributed by atoms with E-state index in [0.29, 0.717) is 28.3 Å². The SMILES string of the molecule is COc1ccc(/C=C(\NC(=O)c2ccccc2)C(=O)Nc2cccc(O)c2)cc1OC. The van der Waals surface area contributed by atoms with Gasteiger partial charge in [-0.2, -0.15) is 0 Å².